The van der Waals surface area contributed by atoms with E-state index in [2.05, 4.69) is 10.3 Å². The maximum atomic E-state index is 12.2. The van der Waals surface area contributed by atoms with Crippen molar-refractivity contribution in [3.05, 3.63) is 27.2 Å². The summed E-state index contributed by atoms with van der Waals surface area (Å²) in [7, 11) is 4.08. The zero-order valence-corrected chi connectivity index (χ0v) is 13.7. The Morgan fingerprint density at radius 2 is 1.88 bits per heavy atom. The quantitative estimate of drug-likeness (QED) is 0.575. The molecule has 0 aliphatic carbocycles. The molecule has 2 N–H and O–H groups in total. The first-order valence-electron chi connectivity index (χ1n) is 7.04. The summed E-state index contributed by atoms with van der Waals surface area (Å²) in [6.45, 7) is -1.05. The van der Waals surface area contributed by atoms with Crippen LogP contribution in [0.25, 0.3) is 11.2 Å². The van der Waals surface area contributed by atoms with Gasteiger partial charge in [0.05, 0.1) is 6.33 Å². The molecule has 0 radical (unpaired) electrons. The lowest BCUT2D eigenvalue weighted by Gasteiger charge is -2.07. The molecule has 2 heterocycles. The van der Waals surface area contributed by atoms with E-state index in [1.54, 1.807) is 0 Å². The topological polar surface area (TPSA) is 146 Å². The number of carbonyl (C=O) groups excluding carboxylic acids is 3. The predicted octanol–water partition coefficient (Wildman–Crippen LogP) is -2.57. The number of imidazole rings is 1. The van der Waals surface area contributed by atoms with Crippen molar-refractivity contribution in [1.29, 1.82) is 0 Å². The lowest BCUT2D eigenvalue weighted by molar-refractivity contribution is -0.148. The number of ether oxygens (including phenoxy) is 1. The number of urea groups is 1. The van der Waals surface area contributed by atoms with Gasteiger partial charge < -0.3 is 14.6 Å². The molecule has 0 spiro atoms. The van der Waals surface area contributed by atoms with Crippen LogP contribution in [0, 0.1) is 0 Å². The number of nitrogens with zero attached hydrogens (tertiary/aromatic N) is 4. The average Bonchev–Trinajstić information content (AvgIpc) is 2.99. The number of carbonyl (C=O) groups is 3. The molecule has 0 saturated heterocycles. The van der Waals surface area contributed by atoms with Crippen LogP contribution >= 0.6 is 0 Å². The van der Waals surface area contributed by atoms with Crippen molar-refractivity contribution in [2.75, 3.05) is 13.7 Å². The van der Waals surface area contributed by atoms with Gasteiger partial charge in [0.25, 0.3) is 11.5 Å². The van der Waals surface area contributed by atoms with Crippen LogP contribution in [0.1, 0.15) is 0 Å². The fraction of sp³-hybridized carbons (Fsp3) is 0.385. The first kappa shape index (κ1) is 17.9. The Bertz CT molecular complexity index is 968. The highest BCUT2D eigenvalue weighted by Crippen LogP contribution is 2.05. The van der Waals surface area contributed by atoms with Crippen LogP contribution in [0.5, 0.6) is 0 Å². The third-order valence-corrected chi connectivity index (χ3v) is 3.36. The lowest BCUT2D eigenvalue weighted by Crippen LogP contribution is -2.40. The SMILES string of the molecule is CNC(=O)NC(=O)COC(=O)Cn1cnc2c1c(=O)n(C)c(=O)n2C. The van der Waals surface area contributed by atoms with Crippen molar-refractivity contribution in [3.63, 3.8) is 0 Å². The monoisotopic (exact) mass is 352 g/mol. The van der Waals surface area contributed by atoms with Gasteiger partial charge in [0.2, 0.25) is 0 Å². The third-order valence-electron chi connectivity index (χ3n) is 3.36. The Morgan fingerprint density at radius 1 is 1.20 bits per heavy atom. The van der Waals surface area contributed by atoms with Crippen molar-refractivity contribution >= 4 is 29.1 Å². The van der Waals surface area contributed by atoms with E-state index in [0.717, 1.165) is 4.57 Å². The van der Waals surface area contributed by atoms with Crippen LogP contribution in [0.2, 0.25) is 0 Å². The van der Waals surface area contributed by atoms with Gasteiger partial charge >= 0.3 is 17.7 Å². The number of fused-ring (bicyclic) bond motifs is 1. The minimum Gasteiger partial charge on any atom is -0.454 e. The lowest BCUT2D eigenvalue weighted by atomic mass is 10.5. The number of esters is 1. The van der Waals surface area contributed by atoms with Gasteiger partial charge in [-0.15, -0.1) is 0 Å². The first-order chi connectivity index (χ1) is 11.8. The molecule has 0 aliphatic heterocycles. The molecule has 134 valence electrons. The molecule has 2 aromatic heterocycles. The van der Waals surface area contributed by atoms with E-state index in [0.29, 0.717) is 0 Å². The van der Waals surface area contributed by atoms with E-state index >= 15 is 0 Å². The molecule has 0 aromatic carbocycles. The number of rotatable bonds is 4. The fourth-order valence-corrected chi connectivity index (χ4v) is 2.07. The Labute approximate surface area is 140 Å². The summed E-state index contributed by atoms with van der Waals surface area (Å²) in [4.78, 5) is 62.1. The number of hydrogen-bond donors (Lipinski definition) is 2. The van der Waals surface area contributed by atoms with Gasteiger partial charge in [0.1, 0.15) is 6.54 Å². The molecule has 2 aromatic rings. The maximum absolute atomic E-state index is 12.2. The van der Waals surface area contributed by atoms with Gasteiger partial charge in [-0.25, -0.2) is 14.6 Å². The van der Waals surface area contributed by atoms with E-state index < -0.39 is 42.3 Å². The van der Waals surface area contributed by atoms with Gasteiger partial charge in [-0.1, -0.05) is 0 Å². The molecule has 0 bridgehead atoms. The molecule has 3 amide bonds. The summed E-state index contributed by atoms with van der Waals surface area (Å²) in [5, 5.41) is 4.10. The molecular weight excluding hydrogens is 336 g/mol. The molecule has 25 heavy (non-hydrogen) atoms. The number of aryl methyl sites for hydroxylation is 1. The van der Waals surface area contributed by atoms with E-state index in [4.69, 9.17) is 4.74 Å². The van der Waals surface area contributed by atoms with Crippen LogP contribution in [-0.4, -0.2) is 50.2 Å². The van der Waals surface area contributed by atoms with Crippen molar-refractivity contribution in [3.8, 4) is 0 Å². The molecular formula is C13H16N6O6. The van der Waals surface area contributed by atoms with E-state index in [-0.39, 0.29) is 11.2 Å². The maximum Gasteiger partial charge on any atom is 0.332 e. The third kappa shape index (κ3) is 3.57. The van der Waals surface area contributed by atoms with E-state index in [9.17, 15) is 24.0 Å². The van der Waals surface area contributed by atoms with Crippen LogP contribution in [0.3, 0.4) is 0 Å². The molecule has 0 fully saturated rings. The van der Waals surface area contributed by atoms with Crippen molar-refractivity contribution in [2.24, 2.45) is 14.1 Å². The predicted molar refractivity (Wildman–Crippen MR) is 83.8 cm³/mol. The van der Waals surface area contributed by atoms with Gasteiger partial charge in [-0.05, 0) is 0 Å². The first-order valence-corrected chi connectivity index (χ1v) is 7.04. The zero-order chi connectivity index (χ0) is 18.7. The van der Waals surface area contributed by atoms with Crippen molar-refractivity contribution in [2.45, 2.75) is 6.54 Å². The van der Waals surface area contributed by atoms with Crippen LogP contribution < -0.4 is 21.9 Å². The standard InChI is InChI=1S/C13H16N6O6/c1-14-12(23)16-7(20)5-25-8(21)4-19-6-15-10-9(19)11(22)18(3)13(24)17(10)2/h6H,4-5H2,1-3H3,(H2,14,16,20,23). The van der Waals surface area contributed by atoms with Crippen molar-refractivity contribution in [1.82, 2.24) is 29.3 Å². The van der Waals surface area contributed by atoms with Crippen LogP contribution in [0.4, 0.5) is 4.79 Å². The van der Waals surface area contributed by atoms with Gasteiger partial charge in [-0.3, -0.25) is 28.8 Å². The zero-order valence-electron chi connectivity index (χ0n) is 13.7. The highest BCUT2D eigenvalue weighted by atomic mass is 16.5. The van der Waals surface area contributed by atoms with Crippen LogP contribution in [-0.2, 0) is 35.0 Å². The summed E-state index contributed by atoms with van der Waals surface area (Å²) >= 11 is 0. The largest absolute Gasteiger partial charge is 0.454 e. The molecule has 12 nitrogen and oxygen atoms in total. The Balaban J connectivity index is 2.15. The summed E-state index contributed by atoms with van der Waals surface area (Å²) in [5.74, 6) is -1.62. The Kier molecular flexibility index (Phi) is 5.00. The minimum absolute atomic E-state index is 0.0522. The van der Waals surface area contributed by atoms with Gasteiger partial charge in [-0.2, -0.15) is 0 Å². The number of nitrogens with one attached hydrogen (secondary N) is 2. The molecule has 0 atom stereocenters. The summed E-state index contributed by atoms with van der Waals surface area (Å²) in [5.41, 5.74) is -0.980. The summed E-state index contributed by atoms with van der Waals surface area (Å²) < 4.78 is 8.02. The number of hydrogen-bond acceptors (Lipinski definition) is 7. The average molecular weight is 352 g/mol. The van der Waals surface area contributed by atoms with Gasteiger partial charge in [0.15, 0.2) is 17.8 Å². The molecule has 0 saturated carbocycles. The fourth-order valence-electron chi connectivity index (χ4n) is 2.07. The number of aromatic nitrogens is 4. The second-order valence-electron chi connectivity index (χ2n) is 5.04. The Hall–Kier alpha value is -3.44. The summed E-state index contributed by atoms with van der Waals surface area (Å²) in [6.07, 6.45) is 1.22. The van der Waals surface area contributed by atoms with E-state index in [1.165, 1.54) is 36.6 Å². The normalized spacial score (nSPS) is 10.5. The van der Waals surface area contributed by atoms with Crippen molar-refractivity contribution < 1.29 is 19.1 Å². The summed E-state index contributed by atoms with van der Waals surface area (Å²) in [6, 6.07) is -0.730. The van der Waals surface area contributed by atoms with Gasteiger partial charge in [0, 0.05) is 21.1 Å². The Morgan fingerprint density at radius 3 is 2.52 bits per heavy atom. The highest BCUT2D eigenvalue weighted by molar-refractivity contribution is 5.95. The second-order valence-corrected chi connectivity index (χ2v) is 5.04. The van der Waals surface area contributed by atoms with E-state index in [1.807, 2.05) is 5.32 Å². The second kappa shape index (κ2) is 6.98. The molecule has 0 unspecified atom stereocenters. The highest BCUT2D eigenvalue weighted by Gasteiger charge is 2.17. The molecule has 2 rings (SSSR count). The molecule has 0 aliphatic rings. The number of imide groups is 1. The molecule has 12 heteroatoms. The number of amides is 3. The smallest absolute Gasteiger partial charge is 0.332 e. The van der Waals surface area contributed by atoms with Crippen LogP contribution in [0.15, 0.2) is 15.9 Å². The minimum atomic E-state index is -0.817.